The van der Waals surface area contributed by atoms with Gasteiger partial charge in [0.25, 0.3) is 11.8 Å². The summed E-state index contributed by atoms with van der Waals surface area (Å²) >= 11 is 0. The molecule has 7 nitrogen and oxygen atoms in total. The fourth-order valence-corrected chi connectivity index (χ4v) is 5.09. The monoisotopic (exact) mass is 492 g/mol. The number of hydrogen-bond donors (Lipinski definition) is 0. The van der Waals surface area contributed by atoms with E-state index >= 15 is 0 Å². The van der Waals surface area contributed by atoms with Crippen molar-refractivity contribution in [2.45, 2.75) is 32.2 Å². The lowest BCUT2D eigenvalue weighted by molar-refractivity contribution is 0.0516. The highest BCUT2D eigenvalue weighted by Crippen LogP contribution is 2.29. The molecule has 4 rings (SSSR count). The van der Waals surface area contributed by atoms with E-state index in [0.29, 0.717) is 24.3 Å². The molecule has 2 heterocycles. The minimum atomic E-state index is -0.549. The number of likely N-dealkylation sites (N-methyl/N-ethyl adjacent to an activating group) is 1. The smallest absolute Gasteiger partial charge is 0.272 e. The van der Waals surface area contributed by atoms with Gasteiger partial charge in [0.1, 0.15) is 5.69 Å². The van der Waals surface area contributed by atoms with Gasteiger partial charge in [0.05, 0.1) is 12.8 Å². The van der Waals surface area contributed by atoms with Gasteiger partial charge in [0, 0.05) is 38.8 Å². The molecule has 190 valence electrons. The first-order valence-electron chi connectivity index (χ1n) is 12.2. The van der Waals surface area contributed by atoms with Gasteiger partial charge in [-0.2, -0.15) is 5.10 Å². The summed E-state index contributed by atoms with van der Waals surface area (Å²) in [5.74, 6) is -0.474. The first kappa shape index (κ1) is 25.4. The number of carbonyl (C=O) groups is 2. The Morgan fingerprint density at radius 2 is 1.83 bits per heavy atom. The number of rotatable bonds is 7. The van der Waals surface area contributed by atoms with Gasteiger partial charge in [-0.1, -0.05) is 30.3 Å². The van der Waals surface area contributed by atoms with Crippen LogP contribution >= 0.6 is 0 Å². The average Bonchev–Trinajstić information content (AvgIpc) is 3.24. The van der Waals surface area contributed by atoms with E-state index < -0.39 is 5.82 Å². The maximum Gasteiger partial charge on any atom is 0.272 e. The molecule has 0 bridgehead atoms. The van der Waals surface area contributed by atoms with Crippen LogP contribution in [0.4, 0.5) is 4.39 Å². The van der Waals surface area contributed by atoms with Crippen molar-refractivity contribution in [3.05, 3.63) is 82.9 Å². The van der Waals surface area contributed by atoms with E-state index in [4.69, 9.17) is 4.74 Å². The van der Waals surface area contributed by atoms with E-state index in [2.05, 4.69) is 17.2 Å². The Kier molecular flexibility index (Phi) is 7.72. The highest BCUT2D eigenvalue weighted by Gasteiger charge is 2.34. The van der Waals surface area contributed by atoms with Gasteiger partial charge in [-0.05, 0) is 61.9 Å². The quantitative estimate of drug-likeness (QED) is 0.498. The molecule has 1 fully saturated rings. The molecular weight excluding hydrogens is 459 g/mol. The second-order valence-corrected chi connectivity index (χ2v) is 9.45. The van der Waals surface area contributed by atoms with Crippen molar-refractivity contribution in [1.82, 2.24) is 19.6 Å². The third kappa shape index (κ3) is 5.42. The van der Waals surface area contributed by atoms with Crippen LogP contribution in [0.25, 0.3) is 0 Å². The first-order chi connectivity index (χ1) is 17.3. The Hall–Kier alpha value is -3.68. The van der Waals surface area contributed by atoms with E-state index in [1.54, 1.807) is 22.7 Å². The number of piperidine rings is 1. The molecule has 1 atom stereocenters. The summed E-state index contributed by atoms with van der Waals surface area (Å²) in [6.07, 6.45) is 2.23. The van der Waals surface area contributed by atoms with E-state index in [0.717, 1.165) is 30.5 Å². The summed E-state index contributed by atoms with van der Waals surface area (Å²) in [5.41, 5.74) is 2.83. The van der Waals surface area contributed by atoms with Crippen molar-refractivity contribution in [2.75, 3.05) is 27.2 Å². The SMILES string of the molecule is COc1ccc(C(=O)N2CCC([C@H](Cc3ccccc3)N(C)C(=O)c3cc(C)nn3C)CC2)cc1F. The summed E-state index contributed by atoms with van der Waals surface area (Å²) < 4.78 is 20.7. The summed E-state index contributed by atoms with van der Waals surface area (Å²) in [6.45, 7) is 2.98. The highest BCUT2D eigenvalue weighted by molar-refractivity contribution is 5.94. The highest BCUT2D eigenvalue weighted by atomic mass is 19.1. The third-order valence-electron chi connectivity index (χ3n) is 7.10. The van der Waals surface area contributed by atoms with Gasteiger partial charge in [-0.3, -0.25) is 14.3 Å². The number of amides is 2. The van der Waals surface area contributed by atoms with E-state index in [1.807, 2.05) is 43.1 Å². The molecule has 36 heavy (non-hydrogen) atoms. The lowest BCUT2D eigenvalue weighted by Crippen LogP contribution is -2.48. The zero-order chi connectivity index (χ0) is 25.8. The van der Waals surface area contributed by atoms with Crippen molar-refractivity contribution in [3.63, 3.8) is 0 Å². The van der Waals surface area contributed by atoms with Gasteiger partial charge in [0.2, 0.25) is 0 Å². The lowest BCUT2D eigenvalue weighted by atomic mass is 9.84. The third-order valence-corrected chi connectivity index (χ3v) is 7.10. The van der Waals surface area contributed by atoms with Crippen molar-refractivity contribution >= 4 is 11.8 Å². The normalized spacial score (nSPS) is 15.0. The average molecular weight is 493 g/mol. The predicted molar refractivity (Wildman–Crippen MR) is 136 cm³/mol. The molecule has 0 saturated carbocycles. The molecule has 1 aliphatic rings. The standard InChI is InChI=1S/C28H33FN4O3/c1-19-16-25(32(3)30-19)28(35)31(2)24(17-20-8-6-5-7-9-20)21-12-14-33(15-13-21)27(34)22-10-11-26(36-4)23(29)18-22/h5-11,16,18,21,24H,12-15,17H2,1-4H3/t24-/m0/s1. The van der Waals surface area contributed by atoms with Crippen LogP contribution < -0.4 is 4.74 Å². The van der Waals surface area contributed by atoms with Crippen LogP contribution in [0.3, 0.4) is 0 Å². The van der Waals surface area contributed by atoms with E-state index in [9.17, 15) is 14.0 Å². The van der Waals surface area contributed by atoms with E-state index in [1.165, 1.54) is 19.2 Å². The minimum Gasteiger partial charge on any atom is -0.494 e. The molecule has 1 aliphatic heterocycles. The zero-order valence-electron chi connectivity index (χ0n) is 21.3. The zero-order valence-corrected chi connectivity index (χ0v) is 21.3. The van der Waals surface area contributed by atoms with Gasteiger partial charge in [-0.15, -0.1) is 0 Å². The van der Waals surface area contributed by atoms with Crippen LogP contribution in [-0.4, -0.2) is 64.7 Å². The number of halogens is 1. The molecule has 8 heteroatoms. The predicted octanol–water partition coefficient (Wildman–Crippen LogP) is 4.11. The molecule has 1 aromatic heterocycles. The summed E-state index contributed by atoms with van der Waals surface area (Å²) in [7, 11) is 5.04. The summed E-state index contributed by atoms with van der Waals surface area (Å²) in [4.78, 5) is 30.1. The van der Waals surface area contributed by atoms with Crippen molar-refractivity contribution in [1.29, 1.82) is 0 Å². The fraction of sp³-hybridized carbons (Fsp3) is 0.393. The Labute approximate surface area is 211 Å². The van der Waals surface area contributed by atoms with Gasteiger partial charge in [0.15, 0.2) is 11.6 Å². The summed E-state index contributed by atoms with van der Waals surface area (Å²) in [5, 5.41) is 4.34. The molecule has 1 saturated heterocycles. The second-order valence-electron chi connectivity index (χ2n) is 9.45. The number of carbonyl (C=O) groups excluding carboxylic acids is 2. The minimum absolute atomic E-state index is 0.0363. The molecular formula is C28H33FN4O3. The number of benzene rings is 2. The number of nitrogens with zero attached hydrogens (tertiary/aromatic N) is 4. The fourth-order valence-electron chi connectivity index (χ4n) is 5.09. The van der Waals surface area contributed by atoms with Crippen molar-refractivity contribution in [2.24, 2.45) is 13.0 Å². The molecule has 3 aromatic rings. The van der Waals surface area contributed by atoms with Crippen LogP contribution in [0.15, 0.2) is 54.6 Å². The van der Waals surface area contributed by atoms with Crippen LogP contribution in [0.5, 0.6) is 5.75 Å². The van der Waals surface area contributed by atoms with Crippen molar-refractivity contribution < 1.29 is 18.7 Å². The molecule has 0 N–H and O–H groups in total. The Morgan fingerprint density at radius 3 is 2.42 bits per heavy atom. The number of aromatic nitrogens is 2. The largest absolute Gasteiger partial charge is 0.494 e. The topological polar surface area (TPSA) is 67.7 Å². The lowest BCUT2D eigenvalue weighted by Gasteiger charge is -2.40. The van der Waals surface area contributed by atoms with Gasteiger partial charge >= 0.3 is 0 Å². The molecule has 2 aromatic carbocycles. The molecule has 0 spiro atoms. The van der Waals surface area contributed by atoms with Gasteiger partial charge in [-0.25, -0.2) is 4.39 Å². The van der Waals surface area contributed by atoms with Crippen molar-refractivity contribution in [3.8, 4) is 5.75 Å². The van der Waals surface area contributed by atoms with Gasteiger partial charge < -0.3 is 14.5 Å². The molecule has 0 aliphatic carbocycles. The van der Waals surface area contributed by atoms with Crippen LogP contribution in [0, 0.1) is 18.7 Å². The number of likely N-dealkylation sites (tertiary alicyclic amines) is 1. The maximum absolute atomic E-state index is 14.1. The number of aryl methyl sites for hydroxylation is 2. The second kappa shape index (κ2) is 10.9. The van der Waals surface area contributed by atoms with E-state index in [-0.39, 0.29) is 29.5 Å². The number of ether oxygens (including phenoxy) is 1. The maximum atomic E-state index is 14.1. The Bertz CT molecular complexity index is 1220. The number of hydrogen-bond acceptors (Lipinski definition) is 4. The van der Waals surface area contributed by atoms with Crippen LogP contribution in [0.1, 0.15) is 44.9 Å². The van der Waals surface area contributed by atoms with Crippen LogP contribution in [-0.2, 0) is 13.5 Å². The summed E-state index contributed by atoms with van der Waals surface area (Å²) in [6, 6.07) is 16.2. The van der Waals surface area contributed by atoms with Crippen LogP contribution in [0.2, 0.25) is 0 Å². The first-order valence-corrected chi connectivity index (χ1v) is 12.2. The molecule has 0 unspecified atom stereocenters. The molecule has 0 radical (unpaired) electrons. The number of methoxy groups -OCH3 is 1. The Morgan fingerprint density at radius 1 is 1.14 bits per heavy atom. The molecule has 2 amide bonds. The Balaban J connectivity index is 1.50.